The molecule has 302 valence electrons. The van der Waals surface area contributed by atoms with Gasteiger partial charge in [0.15, 0.2) is 12.6 Å². The number of rotatable bonds is 8. The summed E-state index contributed by atoms with van der Waals surface area (Å²) in [7, 11) is 1.71. The maximum Gasteiger partial charge on any atom is 0.311 e. The molecule has 0 saturated carbocycles. The van der Waals surface area contributed by atoms with Gasteiger partial charge in [-0.15, -0.1) is 6.58 Å². The molecule has 0 bridgehead atoms. The van der Waals surface area contributed by atoms with E-state index in [-0.39, 0.29) is 36.1 Å². The highest BCUT2D eigenvalue weighted by molar-refractivity contribution is 5.89. The van der Waals surface area contributed by atoms with Crippen LogP contribution in [0.4, 0.5) is 0 Å². The van der Waals surface area contributed by atoms with Gasteiger partial charge >= 0.3 is 5.97 Å². The molecule has 0 aromatic carbocycles. The van der Waals surface area contributed by atoms with Crippen LogP contribution in [0.5, 0.6) is 0 Å². The first-order chi connectivity index (χ1) is 24.1. The van der Waals surface area contributed by atoms with E-state index in [9.17, 15) is 15.0 Å². The maximum atomic E-state index is 14.3. The van der Waals surface area contributed by atoms with Gasteiger partial charge in [0.1, 0.15) is 11.7 Å². The summed E-state index contributed by atoms with van der Waals surface area (Å²) >= 11 is 0. The van der Waals surface area contributed by atoms with Crippen LogP contribution in [0.25, 0.3) is 0 Å². The van der Waals surface area contributed by atoms with Crippen molar-refractivity contribution in [1.29, 1.82) is 0 Å². The third kappa shape index (κ3) is 9.87. The van der Waals surface area contributed by atoms with E-state index in [1.807, 2.05) is 27.7 Å². The SMILES string of the molecule is C=CCO[C@@]1(C)C[C@H](C)C(=NC)[C@H](C)[C@@H](O)[C@](C)(O)[C@@H](CC)OC(=O)[C@H](C)[C@@H](OC2CC(C)(C)[C@@H](C)[C@H](C)O2)[C@H](C)[C@H]1O[C@@H]1O[C@H](C)C[C@H](C)[C@H]1C. The van der Waals surface area contributed by atoms with Gasteiger partial charge < -0.3 is 38.6 Å². The minimum absolute atomic E-state index is 0.00603. The minimum atomic E-state index is -1.76. The summed E-state index contributed by atoms with van der Waals surface area (Å²) < 4.78 is 40.2. The van der Waals surface area contributed by atoms with E-state index in [4.69, 9.17) is 28.4 Å². The van der Waals surface area contributed by atoms with Crippen molar-refractivity contribution < 1.29 is 43.4 Å². The molecular formula is C42H75NO9. The maximum absolute atomic E-state index is 14.3. The van der Waals surface area contributed by atoms with Crippen molar-refractivity contribution in [2.45, 2.75) is 183 Å². The highest BCUT2D eigenvalue weighted by Gasteiger charge is 2.53. The van der Waals surface area contributed by atoms with E-state index in [2.05, 4.69) is 73.9 Å². The second-order valence-electron chi connectivity index (χ2n) is 17.9. The lowest BCUT2D eigenvalue weighted by atomic mass is 9.72. The number of carbonyl (C=O) groups is 1. The van der Waals surface area contributed by atoms with Gasteiger partial charge in [0.05, 0.1) is 48.6 Å². The van der Waals surface area contributed by atoms with E-state index in [0.29, 0.717) is 31.1 Å². The molecule has 2 N–H and O–H groups in total. The fraction of sp³-hybridized carbons (Fsp3) is 0.905. The van der Waals surface area contributed by atoms with Crippen LogP contribution >= 0.6 is 0 Å². The van der Waals surface area contributed by atoms with E-state index in [1.165, 1.54) is 6.92 Å². The van der Waals surface area contributed by atoms with Gasteiger partial charge in [0.25, 0.3) is 0 Å². The molecule has 0 aromatic rings. The molecule has 17 atom stereocenters. The number of aliphatic imine (C=N–C) groups is 1. The lowest BCUT2D eigenvalue weighted by Gasteiger charge is -2.50. The second kappa shape index (κ2) is 18.0. The molecule has 3 saturated heterocycles. The molecule has 0 amide bonds. The van der Waals surface area contributed by atoms with E-state index in [0.717, 1.165) is 12.1 Å². The molecule has 3 aliphatic heterocycles. The zero-order valence-electron chi connectivity index (χ0n) is 35.2. The number of hydrogen-bond donors (Lipinski definition) is 2. The van der Waals surface area contributed by atoms with Gasteiger partial charge in [-0.1, -0.05) is 68.4 Å². The third-order valence-corrected chi connectivity index (χ3v) is 13.3. The van der Waals surface area contributed by atoms with Crippen molar-refractivity contribution >= 4 is 11.7 Å². The minimum Gasteiger partial charge on any atom is -0.459 e. The Morgan fingerprint density at radius 3 is 2.13 bits per heavy atom. The van der Waals surface area contributed by atoms with Crippen LogP contribution in [0.1, 0.15) is 123 Å². The number of ether oxygens (including phenoxy) is 6. The zero-order chi connectivity index (χ0) is 39.5. The van der Waals surface area contributed by atoms with Gasteiger partial charge in [-0.05, 0) is 77.0 Å². The highest BCUT2D eigenvalue weighted by Crippen LogP contribution is 2.45. The summed E-state index contributed by atoms with van der Waals surface area (Å²) in [5.74, 6) is -1.78. The van der Waals surface area contributed by atoms with Crippen molar-refractivity contribution in [1.82, 2.24) is 0 Å². The number of cyclic esters (lactones) is 1. The predicted octanol–water partition coefficient (Wildman–Crippen LogP) is 7.38. The first-order valence-electron chi connectivity index (χ1n) is 20.0. The summed E-state index contributed by atoms with van der Waals surface area (Å²) in [5.41, 5.74) is -2.09. The van der Waals surface area contributed by atoms with Crippen LogP contribution < -0.4 is 0 Å². The molecule has 3 fully saturated rings. The fourth-order valence-corrected chi connectivity index (χ4v) is 9.27. The first-order valence-corrected chi connectivity index (χ1v) is 20.0. The molecule has 0 spiro atoms. The zero-order valence-corrected chi connectivity index (χ0v) is 35.2. The fourth-order valence-electron chi connectivity index (χ4n) is 9.27. The van der Waals surface area contributed by atoms with Crippen LogP contribution in [0.3, 0.4) is 0 Å². The van der Waals surface area contributed by atoms with Crippen LogP contribution in [-0.4, -0.2) is 96.0 Å². The van der Waals surface area contributed by atoms with Crippen molar-refractivity contribution in [3.05, 3.63) is 12.7 Å². The smallest absolute Gasteiger partial charge is 0.311 e. The number of aliphatic hydroxyl groups is 2. The third-order valence-electron chi connectivity index (χ3n) is 13.3. The van der Waals surface area contributed by atoms with E-state index < -0.39 is 71.9 Å². The molecule has 10 heteroatoms. The molecule has 0 aromatic heterocycles. The Hall–Kier alpha value is -1.40. The van der Waals surface area contributed by atoms with E-state index in [1.54, 1.807) is 13.1 Å². The summed E-state index contributed by atoms with van der Waals surface area (Å²) in [4.78, 5) is 19.0. The molecule has 10 nitrogen and oxygen atoms in total. The summed E-state index contributed by atoms with van der Waals surface area (Å²) in [6.07, 6.45) is -0.756. The molecule has 3 rings (SSSR count). The first kappa shape index (κ1) is 45.0. The van der Waals surface area contributed by atoms with Crippen molar-refractivity contribution in [3.8, 4) is 0 Å². The van der Waals surface area contributed by atoms with Crippen LogP contribution in [0.15, 0.2) is 17.6 Å². The summed E-state index contributed by atoms with van der Waals surface area (Å²) in [6.45, 7) is 32.6. The van der Waals surface area contributed by atoms with Crippen LogP contribution in [0, 0.1) is 46.8 Å². The predicted molar refractivity (Wildman–Crippen MR) is 205 cm³/mol. The van der Waals surface area contributed by atoms with Gasteiger partial charge in [-0.25, -0.2) is 0 Å². The Bertz CT molecular complexity index is 1210. The van der Waals surface area contributed by atoms with Crippen LogP contribution in [0.2, 0.25) is 0 Å². The summed E-state index contributed by atoms with van der Waals surface area (Å²) in [5, 5.41) is 23.6. The van der Waals surface area contributed by atoms with Gasteiger partial charge in [-0.3, -0.25) is 9.79 Å². The van der Waals surface area contributed by atoms with Crippen LogP contribution in [-0.2, 0) is 33.2 Å². The molecule has 52 heavy (non-hydrogen) atoms. The highest BCUT2D eigenvalue weighted by atomic mass is 16.7. The Morgan fingerprint density at radius 2 is 1.58 bits per heavy atom. The number of nitrogens with zero attached hydrogens (tertiary/aromatic N) is 1. The Labute approximate surface area is 315 Å². The lowest BCUT2D eigenvalue weighted by Crippen LogP contribution is -2.59. The largest absolute Gasteiger partial charge is 0.459 e. The molecule has 3 heterocycles. The topological polar surface area (TPSA) is 125 Å². The van der Waals surface area contributed by atoms with Gasteiger partial charge in [0, 0.05) is 36.9 Å². The number of carbonyl (C=O) groups excluding carboxylic acids is 1. The van der Waals surface area contributed by atoms with Crippen molar-refractivity contribution in [2.75, 3.05) is 13.7 Å². The summed E-state index contributed by atoms with van der Waals surface area (Å²) in [6, 6.07) is 0. The molecule has 0 aliphatic carbocycles. The second-order valence-corrected chi connectivity index (χ2v) is 17.9. The molecule has 1 unspecified atom stereocenters. The number of hydrogen-bond acceptors (Lipinski definition) is 10. The Morgan fingerprint density at radius 1 is 0.942 bits per heavy atom. The standard InChI is InChI=1S/C42H75NO9/c1-17-19-47-41(14)21-24(4)34(43-16)27(7)36(44)42(15,46)32(18-2)50-38(45)29(9)35(51-33-22-40(12,13)30(10)31(11)49-33)28(8)37(41)52-39-26(6)23(3)20-25(5)48-39/h17,23-33,35-37,39,44,46H,1,18-22H2,2-16H3/t23-,24-,25+,26+,27-,28-,29+,30-,31-,32+,33?,35-,36+,37+,39-,41-,42+/m0/s1. The Balaban J connectivity index is 2.27. The van der Waals surface area contributed by atoms with E-state index >= 15 is 0 Å². The monoisotopic (exact) mass is 738 g/mol. The average molecular weight is 738 g/mol. The van der Waals surface area contributed by atoms with Gasteiger partial charge in [-0.2, -0.15) is 0 Å². The normalized spacial score (nSPS) is 47.8. The molecule has 0 radical (unpaired) electrons. The van der Waals surface area contributed by atoms with Crippen molar-refractivity contribution in [3.63, 3.8) is 0 Å². The Kier molecular flexibility index (Phi) is 15.6. The molecule has 3 aliphatic rings. The quantitative estimate of drug-likeness (QED) is 0.194. The van der Waals surface area contributed by atoms with Gasteiger partial charge in [0.2, 0.25) is 0 Å². The number of esters is 1. The lowest BCUT2D eigenvalue weighted by molar-refractivity contribution is -0.304. The average Bonchev–Trinajstić information content (AvgIpc) is 3.06. The molecular weight excluding hydrogens is 662 g/mol. The number of aliphatic hydroxyl groups excluding tert-OH is 1. The van der Waals surface area contributed by atoms with Crippen molar-refractivity contribution in [2.24, 2.45) is 51.8 Å².